The Kier molecular flexibility index (Phi) is 6.67. The Morgan fingerprint density at radius 3 is 1.30 bits per heavy atom. The van der Waals surface area contributed by atoms with E-state index in [0.717, 1.165) is 25.7 Å². The van der Waals surface area contributed by atoms with Crippen molar-refractivity contribution < 1.29 is 9.47 Å². The van der Waals surface area contributed by atoms with Gasteiger partial charge >= 0.3 is 0 Å². The van der Waals surface area contributed by atoms with E-state index >= 15 is 0 Å². The van der Waals surface area contributed by atoms with Crippen LogP contribution in [-0.2, 0) is 9.47 Å². The second-order valence-corrected chi connectivity index (χ2v) is 6.07. The van der Waals surface area contributed by atoms with Gasteiger partial charge in [-0.2, -0.15) is 10.2 Å². The molecule has 0 aromatic rings. The van der Waals surface area contributed by atoms with Crippen LogP contribution in [0, 0.1) is 11.8 Å². The summed E-state index contributed by atoms with van der Waals surface area (Å²) >= 11 is 0. The van der Waals surface area contributed by atoms with Crippen LogP contribution in [0.1, 0.15) is 51.4 Å². The molecule has 0 saturated heterocycles. The molecule has 2 rings (SSSR count). The predicted octanol–water partition coefficient (Wildman–Crippen LogP) is 3.45. The van der Waals surface area contributed by atoms with E-state index in [2.05, 4.69) is 10.2 Å². The molecule has 2 fully saturated rings. The lowest BCUT2D eigenvalue weighted by atomic mass is 9.88. The molecular formula is C16H28N2O2. The molecule has 0 aromatic carbocycles. The molecule has 114 valence electrons. The molecule has 2 aliphatic rings. The predicted molar refractivity (Wildman–Crippen MR) is 82.5 cm³/mol. The first-order valence-electron chi connectivity index (χ1n) is 7.94. The second-order valence-electron chi connectivity index (χ2n) is 6.07. The van der Waals surface area contributed by atoms with E-state index in [0.29, 0.717) is 24.0 Å². The van der Waals surface area contributed by atoms with E-state index < -0.39 is 0 Å². The normalized spacial score (nSPS) is 35.9. The van der Waals surface area contributed by atoms with E-state index in [1.54, 1.807) is 0 Å². The minimum Gasteiger partial charge on any atom is -0.381 e. The molecule has 0 spiro atoms. The maximum Gasteiger partial charge on any atom is 0.0571 e. The first-order chi connectivity index (χ1) is 9.81. The monoisotopic (exact) mass is 280 g/mol. The second kappa shape index (κ2) is 8.53. The molecule has 20 heavy (non-hydrogen) atoms. The van der Waals surface area contributed by atoms with Crippen LogP contribution in [0.25, 0.3) is 0 Å². The molecule has 0 aromatic heterocycles. The highest BCUT2D eigenvalue weighted by Gasteiger charge is 2.20. The first kappa shape index (κ1) is 15.6. The summed E-state index contributed by atoms with van der Waals surface area (Å²) in [5.41, 5.74) is 0. The van der Waals surface area contributed by atoms with Crippen molar-refractivity contribution >= 4 is 12.4 Å². The van der Waals surface area contributed by atoms with Gasteiger partial charge in [0.2, 0.25) is 0 Å². The smallest absolute Gasteiger partial charge is 0.0571 e. The van der Waals surface area contributed by atoms with Crippen molar-refractivity contribution in [1.82, 2.24) is 0 Å². The lowest BCUT2D eigenvalue weighted by molar-refractivity contribution is 0.0649. The Labute approximate surface area is 122 Å². The maximum absolute atomic E-state index is 5.38. The molecule has 0 amide bonds. The summed E-state index contributed by atoms with van der Waals surface area (Å²) in [5, 5.41) is 8.50. The molecule has 0 unspecified atom stereocenters. The van der Waals surface area contributed by atoms with Gasteiger partial charge in [-0.05, 0) is 63.2 Å². The van der Waals surface area contributed by atoms with Crippen molar-refractivity contribution in [3.8, 4) is 0 Å². The fourth-order valence-electron chi connectivity index (χ4n) is 3.21. The fraction of sp³-hybridized carbons (Fsp3) is 0.875. The molecule has 2 aliphatic carbocycles. The number of ether oxygens (including phenoxy) is 2. The number of methoxy groups -OCH3 is 2. The quantitative estimate of drug-likeness (QED) is 0.572. The zero-order valence-corrected chi connectivity index (χ0v) is 12.8. The van der Waals surface area contributed by atoms with Gasteiger partial charge in [0.1, 0.15) is 0 Å². The summed E-state index contributed by atoms with van der Waals surface area (Å²) in [6, 6.07) is 0. The van der Waals surface area contributed by atoms with E-state index in [4.69, 9.17) is 9.47 Å². The van der Waals surface area contributed by atoms with Gasteiger partial charge in [-0.25, -0.2) is 0 Å². The third kappa shape index (κ3) is 4.98. The summed E-state index contributed by atoms with van der Waals surface area (Å²) in [4.78, 5) is 0. The van der Waals surface area contributed by atoms with Crippen LogP contribution in [-0.4, -0.2) is 38.9 Å². The fourth-order valence-corrected chi connectivity index (χ4v) is 3.21. The van der Waals surface area contributed by atoms with Gasteiger partial charge in [-0.1, -0.05) is 0 Å². The molecule has 0 aliphatic heterocycles. The molecule has 0 N–H and O–H groups in total. The molecule has 2 saturated carbocycles. The van der Waals surface area contributed by atoms with E-state index in [-0.39, 0.29) is 0 Å². The van der Waals surface area contributed by atoms with Gasteiger partial charge in [0.25, 0.3) is 0 Å². The van der Waals surface area contributed by atoms with Gasteiger partial charge < -0.3 is 9.47 Å². The molecule has 4 nitrogen and oxygen atoms in total. The average Bonchev–Trinajstić information content (AvgIpc) is 2.53. The number of hydrogen-bond acceptors (Lipinski definition) is 4. The van der Waals surface area contributed by atoms with Gasteiger partial charge in [0.15, 0.2) is 0 Å². The van der Waals surface area contributed by atoms with E-state index in [9.17, 15) is 0 Å². The van der Waals surface area contributed by atoms with Crippen LogP contribution in [0.3, 0.4) is 0 Å². The zero-order chi connectivity index (χ0) is 14.2. The molecule has 4 heteroatoms. The van der Waals surface area contributed by atoms with E-state index in [1.807, 2.05) is 26.6 Å². The lowest BCUT2D eigenvalue weighted by Gasteiger charge is -2.25. The SMILES string of the molecule is COC1CCC(C=NN=CC2CCC(OC)CC2)CC1. The van der Waals surface area contributed by atoms with Crippen LogP contribution in [0.2, 0.25) is 0 Å². The lowest BCUT2D eigenvalue weighted by Crippen LogP contribution is -2.21. The van der Waals surface area contributed by atoms with Crippen molar-refractivity contribution in [1.29, 1.82) is 0 Å². The molecular weight excluding hydrogens is 252 g/mol. The highest BCUT2D eigenvalue weighted by Crippen LogP contribution is 2.25. The number of hydrogen-bond donors (Lipinski definition) is 0. The zero-order valence-electron chi connectivity index (χ0n) is 12.8. The standard InChI is InChI=1S/C16H28N2O2/c1-19-15-7-3-13(4-8-15)11-17-18-12-14-5-9-16(20-2)10-6-14/h11-16H,3-10H2,1-2H3. The summed E-state index contributed by atoms with van der Waals surface area (Å²) in [6.07, 6.45) is 14.3. The van der Waals surface area contributed by atoms with Crippen molar-refractivity contribution in [2.45, 2.75) is 63.6 Å². The topological polar surface area (TPSA) is 43.2 Å². The maximum atomic E-state index is 5.38. The summed E-state index contributed by atoms with van der Waals surface area (Å²) in [6.45, 7) is 0. The van der Waals surface area contributed by atoms with Crippen molar-refractivity contribution in [2.24, 2.45) is 22.0 Å². The molecule has 0 heterocycles. The molecule has 0 radical (unpaired) electrons. The number of rotatable bonds is 5. The van der Waals surface area contributed by atoms with Gasteiger partial charge in [-0.15, -0.1) is 0 Å². The molecule has 0 atom stereocenters. The largest absolute Gasteiger partial charge is 0.381 e. The van der Waals surface area contributed by atoms with Crippen LogP contribution < -0.4 is 0 Å². The summed E-state index contributed by atoms with van der Waals surface area (Å²) in [5.74, 6) is 1.17. The highest BCUT2D eigenvalue weighted by atomic mass is 16.5. The Morgan fingerprint density at radius 1 is 0.650 bits per heavy atom. The summed E-state index contributed by atoms with van der Waals surface area (Å²) in [7, 11) is 3.61. The van der Waals surface area contributed by atoms with Gasteiger partial charge in [0.05, 0.1) is 12.2 Å². The van der Waals surface area contributed by atoms with E-state index in [1.165, 1.54) is 25.7 Å². The Bertz CT molecular complexity index is 282. The average molecular weight is 280 g/mol. The van der Waals surface area contributed by atoms with Crippen LogP contribution >= 0.6 is 0 Å². The van der Waals surface area contributed by atoms with Gasteiger partial charge in [0, 0.05) is 26.6 Å². The summed E-state index contributed by atoms with van der Waals surface area (Å²) < 4.78 is 10.8. The third-order valence-electron chi connectivity index (χ3n) is 4.73. The minimum absolute atomic E-state index is 0.458. The van der Waals surface area contributed by atoms with Crippen molar-refractivity contribution in [2.75, 3.05) is 14.2 Å². The Morgan fingerprint density at radius 2 is 1.00 bits per heavy atom. The Balaban J connectivity index is 1.65. The minimum atomic E-state index is 0.458. The van der Waals surface area contributed by atoms with Gasteiger partial charge in [-0.3, -0.25) is 0 Å². The van der Waals surface area contributed by atoms with Crippen molar-refractivity contribution in [3.63, 3.8) is 0 Å². The third-order valence-corrected chi connectivity index (χ3v) is 4.73. The molecule has 0 bridgehead atoms. The first-order valence-corrected chi connectivity index (χ1v) is 7.94. The van der Waals surface area contributed by atoms with Crippen LogP contribution in [0.15, 0.2) is 10.2 Å². The Hall–Kier alpha value is -0.740. The number of nitrogens with zero attached hydrogens (tertiary/aromatic N) is 2. The van der Waals surface area contributed by atoms with Crippen LogP contribution in [0.4, 0.5) is 0 Å². The van der Waals surface area contributed by atoms with Crippen LogP contribution in [0.5, 0.6) is 0 Å². The van der Waals surface area contributed by atoms with Crippen molar-refractivity contribution in [3.05, 3.63) is 0 Å². The highest BCUT2D eigenvalue weighted by molar-refractivity contribution is 5.64.